The van der Waals surface area contributed by atoms with Gasteiger partial charge in [0, 0.05) is 17.6 Å². The minimum atomic E-state index is -1.83. The molecule has 0 aliphatic carbocycles. The summed E-state index contributed by atoms with van der Waals surface area (Å²) < 4.78 is 37.9. The molecule has 4 aromatic rings. The van der Waals surface area contributed by atoms with Gasteiger partial charge in [-0.2, -0.15) is 0 Å². The third kappa shape index (κ3) is 5.53. The van der Waals surface area contributed by atoms with Crippen molar-refractivity contribution in [2.24, 2.45) is 0 Å². The normalized spacial score (nSPS) is 17.1. The summed E-state index contributed by atoms with van der Waals surface area (Å²) in [4.78, 5) is 30.0. The number of fused-ring (bicyclic) bond motifs is 1. The van der Waals surface area contributed by atoms with Crippen molar-refractivity contribution in [3.05, 3.63) is 149 Å². The molecule has 0 saturated carbocycles. The van der Waals surface area contributed by atoms with Crippen molar-refractivity contribution in [1.29, 1.82) is 0 Å². The average molecular weight is 625 g/mol. The Morgan fingerprint density at radius 2 is 1.36 bits per heavy atom. The van der Waals surface area contributed by atoms with Crippen LogP contribution in [0.5, 0.6) is 0 Å². The Hall–Kier alpha value is -4.40. The maximum absolute atomic E-state index is 16.5. The number of esters is 1. The number of ether oxygens (including phenoxy) is 1. The maximum Gasteiger partial charge on any atom is 0.333 e. The van der Waals surface area contributed by atoms with Crippen LogP contribution in [-0.2, 0) is 36.4 Å². The number of carbonyl (C=O) groups is 2. The number of benzene rings is 4. The van der Waals surface area contributed by atoms with Crippen LogP contribution in [0.2, 0.25) is 0 Å². The van der Waals surface area contributed by atoms with Gasteiger partial charge in [-0.15, -0.1) is 0 Å². The molecule has 0 bridgehead atoms. The monoisotopic (exact) mass is 624 g/mol. The molecular formula is C37H37FN2O4S. The minimum absolute atomic E-state index is 0.00889. The number of hydrogen-bond acceptors (Lipinski definition) is 4. The van der Waals surface area contributed by atoms with Crippen molar-refractivity contribution < 1.29 is 22.9 Å². The number of rotatable bonds is 10. The molecule has 45 heavy (non-hydrogen) atoms. The fraction of sp³-hybridized carbons (Fsp3) is 0.243. The molecule has 1 N–H and O–H groups in total. The van der Waals surface area contributed by atoms with E-state index < -0.39 is 44.5 Å². The van der Waals surface area contributed by atoms with Crippen LogP contribution in [-0.4, -0.2) is 27.4 Å². The number of nitrogens with zero attached hydrogens (tertiary/aromatic N) is 1. The molecule has 8 heteroatoms. The lowest BCUT2D eigenvalue weighted by molar-refractivity contribution is -0.138. The first-order chi connectivity index (χ1) is 21.5. The van der Waals surface area contributed by atoms with E-state index in [0.29, 0.717) is 16.7 Å². The number of para-hydroxylation sites is 1. The highest BCUT2D eigenvalue weighted by molar-refractivity contribution is 7.84. The average Bonchev–Trinajstić information content (AvgIpc) is 3.27. The molecule has 0 radical (unpaired) electrons. The molecule has 1 unspecified atom stereocenters. The second-order valence-electron chi connectivity index (χ2n) is 12.0. The first-order valence-electron chi connectivity index (χ1n) is 14.8. The lowest BCUT2D eigenvalue weighted by Gasteiger charge is -2.45. The molecule has 1 heterocycles. The molecule has 1 aliphatic heterocycles. The van der Waals surface area contributed by atoms with E-state index in [9.17, 15) is 9.00 Å². The van der Waals surface area contributed by atoms with E-state index in [1.807, 2.05) is 91.0 Å². The van der Waals surface area contributed by atoms with E-state index in [1.165, 1.54) is 17.0 Å². The fourth-order valence-electron chi connectivity index (χ4n) is 5.98. The molecule has 1 aliphatic rings. The van der Waals surface area contributed by atoms with Crippen molar-refractivity contribution in [3.63, 3.8) is 0 Å². The molecule has 2 atom stereocenters. The van der Waals surface area contributed by atoms with Gasteiger partial charge in [-0.25, -0.2) is 18.1 Å². The standard InChI is InChI=1S/C37H37FN2O4S/c1-6-44-33(41)26(2)25-36(39-45(43)35(3,4)5)30-23-16-24-31(38)32(30)40(34(36)42)37(27-17-10-7-11-18-27,28-19-12-8-13-20-28)29-21-14-9-15-22-29/h7-24,39H,2,6,25H2,1,3-5H3/t36-,45?/m0/s1. The number of carbonyl (C=O) groups excluding carboxylic acids is 2. The van der Waals surface area contributed by atoms with Crippen LogP contribution in [0.3, 0.4) is 0 Å². The van der Waals surface area contributed by atoms with Gasteiger partial charge in [0.1, 0.15) is 16.9 Å². The van der Waals surface area contributed by atoms with E-state index in [0.717, 1.165) is 0 Å². The Bertz CT molecular complexity index is 1640. The summed E-state index contributed by atoms with van der Waals surface area (Å²) in [6, 6.07) is 32.8. The van der Waals surface area contributed by atoms with Gasteiger partial charge in [-0.05, 0) is 50.5 Å². The van der Waals surface area contributed by atoms with E-state index in [-0.39, 0.29) is 29.9 Å². The van der Waals surface area contributed by atoms with Gasteiger partial charge in [0.25, 0.3) is 5.91 Å². The predicted molar refractivity (Wildman–Crippen MR) is 176 cm³/mol. The van der Waals surface area contributed by atoms with E-state index in [2.05, 4.69) is 11.3 Å². The molecule has 0 spiro atoms. The third-order valence-electron chi connectivity index (χ3n) is 8.01. The first-order valence-corrected chi connectivity index (χ1v) is 16.0. The Kier molecular flexibility index (Phi) is 8.92. The SMILES string of the molecule is C=C(C[C@@]1(NS(=O)C(C)(C)C)C(=O)N(C(c2ccccc2)(c2ccccc2)c2ccccc2)c2c(F)cccc21)C(=O)OCC. The molecule has 5 rings (SSSR count). The van der Waals surface area contributed by atoms with E-state index in [1.54, 1.807) is 33.8 Å². The summed E-state index contributed by atoms with van der Waals surface area (Å²) in [7, 11) is -1.82. The van der Waals surface area contributed by atoms with Gasteiger partial charge in [0.05, 0.1) is 28.0 Å². The van der Waals surface area contributed by atoms with Gasteiger partial charge in [-0.1, -0.05) is 110 Å². The van der Waals surface area contributed by atoms with Crippen molar-refractivity contribution in [2.45, 2.75) is 49.9 Å². The Balaban J connectivity index is 1.90. The van der Waals surface area contributed by atoms with Crippen molar-refractivity contribution in [1.82, 2.24) is 4.72 Å². The summed E-state index contributed by atoms with van der Waals surface area (Å²) >= 11 is 0. The molecule has 232 valence electrons. The second-order valence-corrected chi connectivity index (χ2v) is 13.9. The summed E-state index contributed by atoms with van der Waals surface area (Å²) in [6.07, 6.45) is -0.298. The first kappa shape index (κ1) is 32.0. The lowest BCUT2D eigenvalue weighted by atomic mass is 9.75. The van der Waals surface area contributed by atoms with E-state index in [4.69, 9.17) is 4.74 Å². The highest BCUT2D eigenvalue weighted by Gasteiger charge is 2.60. The summed E-state index contributed by atoms with van der Waals surface area (Å²) in [5.41, 5.74) is -0.813. The lowest BCUT2D eigenvalue weighted by Crippen LogP contribution is -2.59. The summed E-state index contributed by atoms with van der Waals surface area (Å²) in [5, 5.41) is 0. The zero-order valence-electron chi connectivity index (χ0n) is 25.9. The zero-order valence-corrected chi connectivity index (χ0v) is 26.7. The van der Waals surface area contributed by atoms with Crippen LogP contribution in [0.25, 0.3) is 0 Å². The van der Waals surface area contributed by atoms with Gasteiger partial charge in [0.2, 0.25) is 0 Å². The van der Waals surface area contributed by atoms with Gasteiger partial charge in [-0.3, -0.25) is 9.69 Å². The molecule has 6 nitrogen and oxygen atoms in total. The minimum Gasteiger partial charge on any atom is -0.463 e. The summed E-state index contributed by atoms with van der Waals surface area (Å²) in [5.74, 6) is -1.91. The largest absolute Gasteiger partial charge is 0.463 e. The fourth-order valence-corrected chi connectivity index (χ4v) is 6.87. The molecule has 0 fully saturated rings. The highest BCUT2D eigenvalue weighted by atomic mass is 32.2. The maximum atomic E-state index is 16.5. The summed E-state index contributed by atoms with van der Waals surface area (Å²) in [6.45, 7) is 11.1. The molecule has 0 aromatic heterocycles. The van der Waals surface area contributed by atoms with Gasteiger partial charge < -0.3 is 4.74 Å². The van der Waals surface area contributed by atoms with Crippen LogP contribution in [0.4, 0.5) is 10.1 Å². The van der Waals surface area contributed by atoms with Crippen molar-refractivity contribution >= 4 is 28.5 Å². The number of nitrogens with one attached hydrogen (secondary N) is 1. The van der Waals surface area contributed by atoms with Gasteiger partial charge >= 0.3 is 5.97 Å². The third-order valence-corrected chi connectivity index (χ3v) is 9.66. The van der Waals surface area contributed by atoms with Crippen LogP contribution < -0.4 is 9.62 Å². The second kappa shape index (κ2) is 12.5. The van der Waals surface area contributed by atoms with Gasteiger partial charge in [0.15, 0.2) is 0 Å². The van der Waals surface area contributed by atoms with Crippen LogP contribution in [0.15, 0.2) is 121 Å². The van der Waals surface area contributed by atoms with Crippen molar-refractivity contribution in [2.75, 3.05) is 11.5 Å². The highest BCUT2D eigenvalue weighted by Crippen LogP contribution is 2.54. The molecule has 4 aromatic carbocycles. The zero-order chi connectivity index (χ0) is 32.4. The van der Waals surface area contributed by atoms with Crippen LogP contribution in [0.1, 0.15) is 56.4 Å². The Labute approximate surface area is 266 Å². The van der Waals surface area contributed by atoms with Crippen LogP contribution >= 0.6 is 0 Å². The van der Waals surface area contributed by atoms with Crippen molar-refractivity contribution in [3.8, 4) is 0 Å². The quantitative estimate of drug-likeness (QED) is 0.118. The smallest absolute Gasteiger partial charge is 0.333 e. The van der Waals surface area contributed by atoms with Crippen LogP contribution in [0, 0.1) is 5.82 Å². The Morgan fingerprint density at radius 1 is 0.867 bits per heavy atom. The molecular weight excluding hydrogens is 587 g/mol. The molecule has 0 saturated heterocycles. The number of hydrogen-bond donors (Lipinski definition) is 1. The topological polar surface area (TPSA) is 75.7 Å². The number of halogens is 1. The van der Waals surface area contributed by atoms with E-state index >= 15 is 9.18 Å². The molecule has 1 amide bonds. The predicted octanol–water partition coefficient (Wildman–Crippen LogP) is 6.92. The Morgan fingerprint density at radius 3 is 1.80 bits per heavy atom. The number of amides is 1. The number of anilines is 1.